The number of hydrogen-bond donors (Lipinski definition) is 0. The van der Waals surface area contributed by atoms with Gasteiger partial charge in [-0.05, 0) is 37.8 Å². The van der Waals surface area contributed by atoms with Crippen molar-refractivity contribution in [3.8, 4) is 0 Å². The van der Waals surface area contributed by atoms with E-state index in [9.17, 15) is 9.59 Å². The molecule has 0 spiro atoms. The Morgan fingerprint density at radius 3 is 2.62 bits per heavy atom. The molecule has 0 unspecified atom stereocenters. The number of para-hydroxylation sites is 1. The molecule has 0 bridgehead atoms. The summed E-state index contributed by atoms with van der Waals surface area (Å²) in [6, 6.07) is 7.42. The average molecular weight is 326 g/mol. The average Bonchev–Trinajstić information content (AvgIpc) is 2.63. The summed E-state index contributed by atoms with van der Waals surface area (Å²) in [6.45, 7) is 3.45. The lowest BCUT2D eigenvalue weighted by Gasteiger charge is -2.33. The molecule has 0 atom stereocenters. The first kappa shape index (κ1) is 15.2. The largest absolute Gasteiger partial charge is 0.341 e. The maximum absolute atomic E-state index is 12.7. The number of carbonyl (C=O) groups excluding carboxylic acids is 1. The fourth-order valence-electron chi connectivity index (χ4n) is 3.68. The second-order valence-corrected chi connectivity index (χ2v) is 6.60. The molecule has 3 heterocycles. The number of nitrogens with zero attached hydrogens (tertiary/aromatic N) is 4. The van der Waals surface area contributed by atoms with E-state index in [-0.39, 0.29) is 11.5 Å². The van der Waals surface area contributed by atoms with Crippen molar-refractivity contribution in [2.45, 2.75) is 32.2 Å². The highest BCUT2D eigenvalue weighted by atomic mass is 16.2. The summed E-state index contributed by atoms with van der Waals surface area (Å²) < 4.78 is 1.72. The first-order valence-electron chi connectivity index (χ1n) is 8.76. The molecule has 4 rings (SSSR count). The van der Waals surface area contributed by atoms with Gasteiger partial charge in [-0.25, -0.2) is 4.98 Å². The third kappa shape index (κ3) is 2.66. The molecule has 2 aromatic rings. The topological polar surface area (TPSA) is 58.4 Å². The molecule has 2 aliphatic rings. The van der Waals surface area contributed by atoms with Gasteiger partial charge in [0.15, 0.2) is 0 Å². The molecule has 24 heavy (non-hydrogen) atoms. The van der Waals surface area contributed by atoms with Crippen LogP contribution in [0.3, 0.4) is 0 Å². The van der Waals surface area contributed by atoms with Crippen LogP contribution in [0.15, 0.2) is 29.1 Å². The Morgan fingerprint density at radius 2 is 1.79 bits per heavy atom. The monoisotopic (exact) mass is 326 g/mol. The van der Waals surface area contributed by atoms with Crippen molar-refractivity contribution in [2.24, 2.45) is 0 Å². The lowest BCUT2D eigenvalue weighted by atomic mass is 10.1. The molecule has 6 heteroatoms. The Morgan fingerprint density at radius 1 is 1.00 bits per heavy atom. The normalized spacial score (nSPS) is 17.8. The predicted molar refractivity (Wildman–Crippen MR) is 93.3 cm³/mol. The minimum atomic E-state index is -0.00859. The maximum Gasteiger partial charge on any atom is 0.262 e. The standard InChI is InChI=1S/C18H22N4O2/c23-16(20-9-4-1-5-10-20)13-21-11-6-12-22-17(24)14-7-2-3-8-15(14)19-18(21)22/h2-3,7-8H,1,4-6,9-13H2. The summed E-state index contributed by atoms with van der Waals surface area (Å²) in [5.74, 6) is 0.779. The van der Waals surface area contributed by atoms with Crippen molar-refractivity contribution in [2.75, 3.05) is 31.1 Å². The first-order valence-corrected chi connectivity index (χ1v) is 8.76. The molecule has 0 N–H and O–H groups in total. The van der Waals surface area contributed by atoms with Gasteiger partial charge in [-0.3, -0.25) is 14.2 Å². The van der Waals surface area contributed by atoms with Crippen molar-refractivity contribution in [1.82, 2.24) is 14.5 Å². The molecular weight excluding hydrogens is 304 g/mol. The zero-order valence-electron chi connectivity index (χ0n) is 13.8. The molecule has 1 saturated heterocycles. The number of fused-ring (bicyclic) bond motifs is 2. The minimum Gasteiger partial charge on any atom is -0.341 e. The molecule has 1 aromatic carbocycles. The van der Waals surface area contributed by atoms with E-state index < -0.39 is 0 Å². The molecule has 6 nitrogen and oxygen atoms in total. The van der Waals surface area contributed by atoms with Crippen molar-refractivity contribution < 1.29 is 4.79 Å². The molecular formula is C18H22N4O2. The fourth-order valence-corrected chi connectivity index (χ4v) is 3.68. The zero-order chi connectivity index (χ0) is 16.5. The van der Waals surface area contributed by atoms with Gasteiger partial charge in [-0.1, -0.05) is 12.1 Å². The molecule has 1 aromatic heterocycles. The molecule has 0 saturated carbocycles. The van der Waals surface area contributed by atoms with Crippen LogP contribution in [0.25, 0.3) is 10.9 Å². The summed E-state index contributed by atoms with van der Waals surface area (Å²) >= 11 is 0. The van der Waals surface area contributed by atoms with E-state index in [2.05, 4.69) is 4.98 Å². The molecule has 2 aliphatic heterocycles. The second-order valence-electron chi connectivity index (χ2n) is 6.60. The lowest BCUT2D eigenvalue weighted by molar-refractivity contribution is -0.130. The van der Waals surface area contributed by atoms with E-state index >= 15 is 0 Å². The maximum atomic E-state index is 12.7. The Labute approximate surface area is 140 Å². The van der Waals surface area contributed by atoms with Crippen molar-refractivity contribution in [1.29, 1.82) is 0 Å². The molecule has 126 valence electrons. The Kier molecular flexibility index (Phi) is 3.96. The van der Waals surface area contributed by atoms with Crippen molar-refractivity contribution >= 4 is 22.8 Å². The number of benzene rings is 1. The van der Waals surface area contributed by atoms with E-state index in [4.69, 9.17) is 0 Å². The summed E-state index contributed by atoms with van der Waals surface area (Å²) in [6.07, 6.45) is 4.24. The predicted octanol–water partition coefficient (Wildman–Crippen LogP) is 1.62. The minimum absolute atomic E-state index is 0.00859. The van der Waals surface area contributed by atoms with Gasteiger partial charge in [-0.2, -0.15) is 0 Å². The number of aromatic nitrogens is 2. The van der Waals surface area contributed by atoms with Crippen LogP contribution in [0.5, 0.6) is 0 Å². The highest BCUT2D eigenvalue weighted by Crippen LogP contribution is 2.20. The lowest BCUT2D eigenvalue weighted by Crippen LogP contribution is -2.46. The van der Waals surface area contributed by atoms with Gasteiger partial charge < -0.3 is 9.80 Å². The summed E-state index contributed by atoms with van der Waals surface area (Å²) in [4.78, 5) is 33.9. The summed E-state index contributed by atoms with van der Waals surface area (Å²) in [7, 11) is 0. The van der Waals surface area contributed by atoms with Gasteiger partial charge in [0.25, 0.3) is 5.56 Å². The van der Waals surface area contributed by atoms with E-state index in [1.807, 2.05) is 34.1 Å². The van der Waals surface area contributed by atoms with Gasteiger partial charge in [0.1, 0.15) is 0 Å². The Balaban J connectivity index is 1.65. The SMILES string of the molecule is O=C(CN1CCCn2c1nc1ccccc1c2=O)N1CCCCC1. The molecule has 1 amide bonds. The van der Waals surface area contributed by atoms with Gasteiger partial charge in [0, 0.05) is 26.2 Å². The van der Waals surface area contributed by atoms with Crippen LogP contribution in [0.1, 0.15) is 25.7 Å². The fraction of sp³-hybridized carbons (Fsp3) is 0.500. The van der Waals surface area contributed by atoms with Gasteiger partial charge in [0.05, 0.1) is 17.4 Å². The van der Waals surface area contributed by atoms with Gasteiger partial charge in [0.2, 0.25) is 11.9 Å². The Hall–Kier alpha value is -2.37. The molecule has 0 aliphatic carbocycles. The van der Waals surface area contributed by atoms with E-state index in [0.717, 1.165) is 38.9 Å². The van der Waals surface area contributed by atoms with E-state index in [1.165, 1.54) is 6.42 Å². The highest BCUT2D eigenvalue weighted by Gasteiger charge is 2.25. The first-order chi connectivity index (χ1) is 11.7. The van der Waals surface area contributed by atoms with E-state index in [0.29, 0.717) is 29.9 Å². The smallest absolute Gasteiger partial charge is 0.262 e. The van der Waals surface area contributed by atoms with Crippen LogP contribution < -0.4 is 10.5 Å². The summed E-state index contributed by atoms with van der Waals surface area (Å²) in [5, 5.41) is 0.644. The zero-order valence-corrected chi connectivity index (χ0v) is 13.8. The van der Waals surface area contributed by atoms with Crippen LogP contribution in [0.2, 0.25) is 0 Å². The number of rotatable bonds is 2. The van der Waals surface area contributed by atoms with Crippen LogP contribution in [-0.2, 0) is 11.3 Å². The third-order valence-corrected chi connectivity index (χ3v) is 4.97. The quantitative estimate of drug-likeness (QED) is 0.841. The van der Waals surface area contributed by atoms with Crippen LogP contribution >= 0.6 is 0 Å². The molecule has 0 radical (unpaired) electrons. The van der Waals surface area contributed by atoms with Gasteiger partial charge >= 0.3 is 0 Å². The van der Waals surface area contributed by atoms with Crippen LogP contribution in [0, 0.1) is 0 Å². The number of carbonyl (C=O) groups is 1. The van der Waals surface area contributed by atoms with E-state index in [1.54, 1.807) is 4.57 Å². The Bertz CT molecular complexity index is 823. The number of amides is 1. The molecule has 1 fully saturated rings. The summed E-state index contributed by atoms with van der Waals surface area (Å²) in [5.41, 5.74) is 0.691. The number of likely N-dealkylation sites (tertiary alicyclic amines) is 1. The van der Waals surface area contributed by atoms with Crippen molar-refractivity contribution in [3.63, 3.8) is 0 Å². The van der Waals surface area contributed by atoms with Crippen LogP contribution in [0.4, 0.5) is 5.95 Å². The number of piperidine rings is 1. The second kappa shape index (κ2) is 6.26. The van der Waals surface area contributed by atoms with Crippen molar-refractivity contribution in [3.05, 3.63) is 34.6 Å². The highest BCUT2D eigenvalue weighted by molar-refractivity contribution is 5.82. The number of hydrogen-bond acceptors (Lipinski definition) is 4. The van der Waals surface area contributed by atoms with Gasteiger partial charge in [-0.15, -0.1) is 0 Å². The number of anilines is 1. The van der Waals surface area contributed by atoms with Crippen LogP contribution in [-0.4, -0.2) is 46.5 Å². The third-order valence-electron chi connectivity index (χ3n) is 4.97.